The molecule has 1 saturated carbocycles. The van der Waals surface area contributed by atoms with Crippen LogP contribution in [0.2, 0.25) is 0 Å². The molecule has 0 saturated heterocycles. The second-order valence-corrected chi connectivity index (χ2v) is 3.98. The lowest BCUT2D eigenvalue weighted by molar-refractivity contribution is -0.122. The van der Waals surface area contributed by atoms with Gasteiger partial charge in [-0.05, 0) is 12.8 Å². The van der Waals surface area contributed by atoms with E-state index in [1.807, 2.05) is 0 Å². The van der Waals surface area contributed by atoms with Crippen LogP contribution in [0.4, 0.5) is 0 Å². The fourth-order valence-corrected chi connectivity index (χ4v) is 1.47. The van der Waals surface area contributed by atoms with Gasteiger partial charge in [0.2, 0.25) is 5.91 Å². The molecule has 1 rings (SSSR count). The molecule has 4 N–H and O–H groups in total. The number of hydrogen-bond donors (Lipinski definition) is 2. The topological polar surface area (TPSA) is 78.3 Å². The largest absolute Gasteiger partial charge is 0.370 e. The lowest BCUT2D eigenvalue weighted by Gasteiger charge is -2.15. The minimum Gasteiger partial charge on any atom is -0.370 e. The molecule has 1 aliphatic rings. The molecule has 0 radical (unpaired) electrons. The van der Waals surface area contributed by atoms with E-state index in [9.17, 15) is 4.79 Å². The molecule has 0 unspecified atom stereocenters. The third-order valence-corrected chi connectivity index (χ3v) is 2.27. The lowest BCUT2D eigenvalue weighted by atomic mass is 9.97. The molecule has 0 heterocycles. The summed E-state index contributed by atoms with van der Waals surface area (Å²) in [4.78, 5) is 9.93. The first kappa shape index (κ1) is 14.7. The summed E-state index contributed by atoms with van der Waals surface area (Å²) in [6.45, 7) is 0.344. The third kappa shape index (κ3) is 11.6. The van der Waals surface area contributed by atoms with Crippen LogP contribution in [0, 0.1) is 0 Å². The number of halogens is 1. The zero-order valence-corrected chi connectivity index (χ0v) is 9.84. The van der Waals surface area contributed by atoms with E-state index in [2.05, 4.69) is 4.74 Å². The monoisotopic (exact) mass is 236 g/mol. The molecule has 1 aliphatic carbocycles. The van der Waals surface area contributed by atoms with E-state index in [0.29, 0.717) is 18.5 Å². The van der Waals surface area contributed by atoms with Gasteiger partial charge in [0.15, 0.2) is 0 Å². The Hall–Kier alpha value is -0.320. The van der Waals surface area contributed by atoms with Crippen LogP contribution in [0.5, 0.6) is 0 Å². The van der Waals surface area contributed by atoms with Gasteiger partial charge in [-0.2, -0.15) is 0 Å². The van der Waals surface area contributed by atoms with Gasteiger partial charge in [0.05, 0.1) is 6.61 Å². The van der Waals surface area contributed by atoms with Crippen LogP contribution >= 0.6 is 11.6 Å². The smallest absolute Gasteiger partial charge is 0.243 e. The van der Waals surface area contributed by atoms with Crippen molar-refractivity contribution >= 4 is 17.5 Å². The number of carbonyl (C=O) groups is 1. The molecule has 0 bridgehead atoms. The lowest BCUT2D eigenvalue weighted by Crippen LogP contribution is -2.22. The third-order valence-electron chi connectivity index (χ3n) is 2.12. The highest BCUT2D eigenvalue weighted by Gasteiger charge is 2.06. The standard InChI is InChI=1S/C6H13N.C4H8ClNO2/c7-6-4-2-1-3-5-6;5-1-2-8-3-4(6)7/h6H,1-5,7H2;1-3H2,(H2,6,7). The molecule has 0 atom stereocenters. The number of nitrogens with two attached hydrogens (primary N) is 2. The van der Waals surface area contributed by atoms with Crippen LogP contribution in [-0.4, -0.2) is 31.0 Å². The molecule has 0 aromatic carbocycles. The zero-order chi connectivity index (χ0) is 11.5. The van der Waals surface area contributed by atoms with E-state index < -0.39 is 5.91 Å². The van der Waals surface area contributed by atoms with Crippen molar-refractivity contribution in [2.75, 3.05) is 19.1 Å². The molecule has 0 spiro atoms. The van der Waals surface area contributed by atoms with Gasteiger partial charge in [0.1, 0.15) is 6.61 Å². The summed E-state index contributed by atoms with van der Waals surface area (Å²) in [5.74, 6) is -0.0667. The number of amides is 1. The first-order valence-corrected chi connectivity index (χ1v) is 5.88. The second kappa shape index (κ2) is 10.2. The van der Waals surface area contributed by atoms with Crippen LogP contribution in [0.1, 0.15) is 32.1 Å². The van der Waals surface area contributed by atoms with E-state index in [-0.39, 0.29) is 6.61 Å². The van der Waals surface area contributed by atoms with Crippen LogP contribution in [-0.2, 0) is 9.53 Å². The number of ether oxygens (including phenoxy) is 1. The summed E-state index contributed by atoms with van der Waals surface area (Å²) in [5, 5.41) is 0. The highest BCUT2D eigenvalue weighted by molar-refractivity contribution is 6.17. The van der Waals surface area contributed by atoms with Crippen molar-refractivity contribution < 1.29 is 9.53 Å². The van der Waals surface area contributed by atoms with Crippen molar-refractivity contribution in [1.82, 2.24) is 0 Å². The van der Waals surface area contributed by atoms with Crippen molar-refractivity contribution in [2.24, 2.45) is 11.5 Å². The van der Waals surface area contributed by atoms with Gasteiger partial charge in [-0.1, -0.05) is 19.3 Å². The van der Waals surface area contributed by atoms with Crippen LogP contribution in [0.25, 0.3) is 0 Å². The van der Waals surface area contributed by atoms with Crippen molar-refractivity contribution in [3.63, 3.8) is 0 Å². The maximum Gasteiger partial charge on any atom is 0.243 e. The quantitative estimate of drug-likeness (QED) is 0.565. The SMILES string of the molecule is NC(=O)COCCCl.NC1CCCCC1. The highest BCUT2D eigenvalue weighted by Crippen LogP contribution is 2.14. The highest BCUT2D eigenvalue weighted by atomic mass is 35.5. The van der Waals surface area contributed by atoms with Crippen LogP contribution < -0.4 is 11.5 Å². The van der Waals surface area contributed by atoms with E-state index >= 15 is 0 Å². The Morgan fingerprint density at radius 2 is 1.93 bits per heavy atom. The number of rotatable bonds is 4. The molecule has 15 heavy (non-hydrogen) atoms. The summed E-state index contributed by atoms with van der Waals surface area (Å²) < 4.78 is 4.64. The molecule has 1 fully saturated rings. The normalized spacial score (nSPS) is 16.7. The maximum atomic E-state index is 9.93. The Kier molecular flexibility index (Phi) is 9.99. The first-order chi connectivity index (χ1) is 7.16. The summed E-state index contributed by atoms with van der Waals surface area (Å²) in [6.07, 6.45) is 6.66. The molecule has 0 aromatic rings. The number of primary amides is 1. The average Bonchev–Trinajstić information content (AvgIpc) is 2.20. The Bertz CT molecular complexity index is 162. The molecule has 5 heteroatoms. The predicted molar refractivity (Wildman–Crippen MR) is 61.8 cm³/mol. The Balaban J connectivity index is 0.000000262. The van der Waals surface area contributed by atoms with Crippen molar-refractivity contribution in [2.45, 2.75) is 38.1 Å². The molecule has 4 nitrogen and oxygen atoms in total. The van der Waals surface area contributed by atoms with Gasteiger partial charge < -0.3 is 16.2 Å². The van der Waals surface area contributed by atoms with Gasteiger partial charge in [-0.15, -0.1) is 11.6 Å². The van der Waals surface area contributed by atoms with Crippen LogP contribution in [0.15, 0.2) is 0 Å². The zero-order valence-electron chi connectivity index (χ0n) is 9.08. The minimum absolute atomic E-state index is 0.0350. The van der Waals surface area contributed by atoms with E-state index in [1.54, 1.807) is 0 Å². The Morgan fingerprint density at radius 3 is 2.27 bits per heavy atom. The molecule has 0 aromatic heterocycles. The summed E-state index contributed by atoms with van der Waals surface area (Å²) in [5.41, 5.74) is 10.4. The van der Waals surface area contributed by atoms with E-state index in [4.69, 9.17) is 23.1 Å². The predicted octanol–water partition coefficient (Wildman–Crippen LogP) is 1.00. The second-order valence-electron chi connectivity index (χ2n) is 3.61. The van der Waals surface area contributed by atoms with Gasteiger partial charge in [0, 0.05) is 11.9 Å². The van der Waals surface area contributed by atoms with Gasteiger partial charge in [-0.25, -0.2) is 0 Å². The van der Waals surface area contributed by atoms with Crippen molar-refractivity contribution in [1.29, 1.82) is 0 Å². The van der Waals surface area contributed by atoms with Gasteiger partial charge in [0.25, 0.3) is 0 Å². The summed E-state index contributed by atoms with van der Waals surface area (Å²) in [7, 11) is 0. The summed E-state index contributed by atoms with van der Waals surface area (Å²) >= 11 is 5.21. The number of hydrogen-bond acceptors (Lipinski definition) is 3. The minimum atomic E-state index is -0.463. The first-order valence-electron chi connectivity index (χ1n) is 5.34. The fraction of sp³-hybridized carbons (Fsp3) is 0.900. The fourth-order valence-electron chi connectivity index (χ4n) is 1.36. The number of carbonyl (C=O) groups excluding carboxylic acids is 1. The molecule has 0 aliphatic heterocycles. The number of alkyl halides is 1. The Morgan fingerprint density at radius 1 is 1.33 bits per heavy atom. The van der Waals surface area contributed by atoms with E-state index in [1.165, 1.54) is 32.1 Å². The molecular weight excluding hydrogens is 216 g/mol. The van der Waals surface area contributed by atoms with Gasteiger partial charge in [-0.3, -0.25) is 4.79 Å². The molecule has 90 valence electrons. The molecular formula is C10H21ClN2O2. The maximum absolute atomic E-state index is 9.93. The van der Waals surface area contributed by atoms with Gasteiger partial charge >= 0.3 is 0 Å². The average molecular weight is 237 g/mol. The van der Waals surface area contributed by atoms with Crippen LogP contribution in [0.3, 0.4) is 0 Å². The molecule has 1 amide bonds. The van der Waals surface area contributed by atoms with E-state index in [0.717, 1.165) is 0 Å². The van der Waals surface area contributed by atoms with Crippen molar-refractivity contribution in [3.05, 3.63) is 0 Å². The Labute approximate surface area is 96.3 Å². The summed E-state index contributed by atoms with van der Waals surface area (Å²) in [6, 6.07) is 0.536. The van der Waals surface area contributed by atoms with Crippen molar-refractivity contribution in [3.8, 4) is 0 Å².